The highest BCUT2D eigenvalue weighted by Crippen LogP contribution is 2.60. The zero-order chi connectivity index (χ0) is 30.7. The molecule has 0 saturated heterocycles. The van der Waals surface area contributed by atoms with Crippen LogP contribution in [0.15, 0.2) is 152 Å². The maximum atomic E-state index is 6.86. The molecule has 0 radical (unpaired) electrons. The fourth-order valence-electron chi connectivity index (χ4n) is 7.19. The number of aromatic amines is 1. The van der Waals surface area contributed by atoms with Crippen LogP contribution < -0.4 is 9.47 Å². The quantitative estimate of drug-likeness (QED) is 0.216. The lowest BCUT2D eigenvalue weighted by Crippen LogP contribution is -2.28. The molecular weight excluding hydrogens is 564 g/mol. The number of ether oxygens (including phenoxy) is 2. The maximum absolute atomic E-state index is 6.86. The normalized spacial score (nSPS) is 13.4. The van der Waals surface area contributed by atoms with Crippen LogP contribution in [0, 0.1) is 0 Å². The SMILES string of the molecule is C=Cc1c[nH]c(-c2cccc(-c3cccc4c3Oc3cc5c(cc3O4)-c3ccccc3C5(c3ccccc3)c3ccccc3)c2)n1. The zero-order valence-corrected chi connectivity index (χ0v) is 24.9. The molecule has 0 saturated carbocycles. The summed E-state index contributed by atoms with van der Waals surface area (Å²) in [6.45, 7) is 3.83. The van der Waals surface area contributed by atoms with Gasteiger partial charge >= 0.3 is 0 Å². The van der Waals surface area contributed by atoms with Crippen LogP contribution in [0.5, 0.6) is 23.0 Å². The number of benzene rings is 6. The summed E-state index contributed by atoms with van der Waals surface area (Å²) in [5.41, 5.74) is 10.4. The Bertz CT molecular complexity index is 2250. The summed E-state index contributed by atoms with van der Waals surface area (Å²) in [6, 6.07) is 49.0. The van der Waals surface area contributed by atoms with Crippen LogP contribution in [0.4, 0.5) is 0 Å². The van der Waals surface area contributed by atoms with Crippen LogP contribution in [0.1, 0.15) is 27.9 Å². The first-order valence-electron chi connectivity index (χ1n) is 15.4. The molecule has 7 aromatic rings. The third-order valence-corrected chi connectivity index (χ3v) is 9.19. The highest BCUT2D eigenvalue weighted by Gasteiger charge is 2.47. The smallest absolute Gasteiger partial charge is 0.177 e. The predicted molar refractivity (Wildman–Crippen MR) is 183 cm³/mol. The van der Waals surface area contributed by atoms with Crippen LogP contribution in [-0.4, -0.2) is 9.97 Å². The van der Waals surface area contributed by atoms with Gasteiger partial charge < -0.3 is 14.5 Å². The first-order valence-corrected chi connectivity index (χ1v) is 15.4. The Hall–Kier alpha value is -6.13. The molecule has 2 aliphatic rings. The van der Waals surface area contributed by atoms with Gasteiger partial charge in [0.1, 0.15) is 5.82 Å². The van der Waals surface area contributed by atoms with Gasteiger partial charge in [0, 0.05) is 17.3 Å². The molecule has 9 rings (SSSR count). The van der Waals surface area contributed by atoms with E-state index in [0.29, 0.717) is 23.0 Å². The van der Waals surface area contributed by atoms with Crippen molar-refractivity contribution in [3.63, 3.8) is 0 Å². The molecule has 46 heavy (non-hydrogen) atoms. The van der Waals surface area contributed by atoms with Crippen molar-refractivity contribution in [1.29, 1.82) is 0 Å². The highest BCUT2D eigenvalue weighted by molar-refractivity contribution is 5.89. The number of hydrogen-bond donors (Lipinski definition) is 1. The second-order valence-electron chi connectivity index (χ2n) is 11.7. The molecular formula is C42H28N2O2. The van der Waals surface area contributed by atoms with E-state index in [1.807, 2.05) is 30.5 Å². The molecule has 0 bridgehead atoms. The van der Waals surface area contributed by atoms with Crippen LogP contribution >= 0.6 is 0 Å². The van der Waals surface area contributed by atoms with E-state index in [9.17, 15) is 0 Å². The monoisotopic (exact) mass is 592 g/mol. The molecule has 1 aliphatic heterocycles. The van der Waals surface area contributed by atoms with E-state index in [-0.39, 0.29) is 0 Å². The molecule has 1 aromatic heterocycles. The Morgan fingerprint density at radius 3 is 2.00 bits per heavy atom. The molecule has 1 aliphatic carbocycles. The van der Waals surface area contributed by atoms with E-state index < -0.39 is 5.41 Å². The minimum atomic E-state index is -0.520. The average molecular weight is 593 g/mol. The fourth-order valence-corrected chi connectivity index (χ4v) is 7.19. The third kappa shape index (κ3) is 3.83. The first-order chi connectivity index (χ1) is 22.7. The Labute approximate surface area is 267 Å². The molecule has 0 atom stereocenters. The number of nitrogens with zero attached hydrogens (tertiary/aromatic N) is 1. The molecule has 6 aromatic carbocycles. The van der Waals surface area contributed by atoms with Crippen molar-refractivity contribution in [3.05, 3.63) is 180 Å². The standard InChI is InChI=1S/C42H28N2O2/c1-2-31-26-43-41(44-31)28-14-11-13-27(23-28)32-20-12-22-37-40(32)46-39-25-36-34(24-38(39)45-37)33-19-9-10-21-35(33)42(36,29-15-5-3-6-16-29)30-17-7-4-8-18-30/h2-26H,1H2,(H,43,44). The fraction of sp³-hybridized carbons (Fsp3) is 0.0238. The lowest BCUT2D eigenvalue weighted by atomic mass is 9.67. The van der Waals surface area contributed by atoms with Gasteiger partial charge in [0.15, 0.2) is 23.0 Å². The van der Waals surface area contributed by atoms with Crippen molar-refractivity contribution in [2.24, 2.45) is 0 Å². The summed E-state index contributed by atoms with van der Waals surface area (Å²) < 4.78 is 13.5. The highest BCUT2D eigenvalue weighted by atomic mass is 16.6. The maximum Gasteiger partial charge on any atom is 0.177 e. The van der Waals surface area contributed by atoms with Gasteiger partial charge in [0.05, 0.1) is 11.1 Å². The van der Waals surface area contributed by atoms with Crippen LogP contribution in [-0.2, 0) is 5.41 Å². The van der Waals surface area contributed by atoms with Gasteiger partial charge in [-0.05, 0) is 69.3 Å². The van der Waals surface area contributed by atoms with Crippen LogP contribution in [0.25, 0.3) is 39.7 Å². The lowest BCUT2D eigenvalue weighted by Gasteiger charge is -2.34. The number of hydrogen-bond acceptors (Lipinski definition) is 3. The number of para-hydroxylation sites is 1. The number of H-pyrrole nitrogens is 1. The van der Waals surface area contributed by atoms with E-state index in [0.717, 1.165) is 33.8 Å². The first kappa shape index (κ1) is 26.3. The third-order valence-electron chi connectivity index (χ3n) is 9.19. The topological polar surface area (TPSA) is 47.1 Å². The second kappa shape index (κ2) is 10.2. The van der Waals surface area contributed by atoms with Crippen molar-refractivity contribution in [3.8, 4) is 56.6 Å². The van der Waals surface area contributed by atoms with Gasteiger partial charge in [-0.2, -0.15) is 0 Å². The number of nitrogens with one attached hydrogen (secondary N) is 1. The van der Waals surface area contributed by atoms with Crippen molar-refractivity contribution in [2.75, 3.05) is 0 Å². The zero-order valence-electron chi connectivity index (χ0n) is 24.9. The molecule has 218 valence electrons. The molecule has 0 spiro atoms. The van der Waals surface area contributed by atoms with E-state index in [2.05, 4.69) is 132 Å². The number of fused-ring (bicyclic) bond motifs is 5. The molecule has 1 N–H and O–H groups in total. The lowest BCUT2D eigenvalue weighted by molar-refractivity contribution is 0.360. The van der Waals surface area contributed by atoms with Gasteiger partial charge in [0.2, 0.25) is 0 Å². The molecule has 0 unspecified atom stereocenters. The van der Waals surface area contributed by atoms with Crippen molar-refractivity contribution in [2.45, 2.75) is 5.41 Å². The Balaban J connectivity index is 1.22. The van der Waals surface area contributed by atoms with Crippen molar-refractivity contribution >= 4 is 6.08 Å². The summed E-state index contributed by atoms with van der Waals surface area (Å²) in [4.78, 5) is 7.89. The van der Waals surface area contributed by atoms with E-state index in [1.54, 1.807) is 6.08 Å². The molecule has 0 fully saturated rings. The number of imidazole rings is 1. The summed E-state index contributed by atoms with van der Waals surface area (Å²) in [5.74, 6) is 3.57. The molecule has 4 heteroatoms. The summed E-state index contributed by atoms with van der Waals surface area (Å²) in [7, 11) is 0. The molecule has 2 heterocycles. The predicted octanol–water partition coefficient (Wildman–Crippen LogP) is 10.6. The summed E-state index contributed by atoms with van der Waals surface area (Å²) in [6.07, 6.45) is 3.59. The van der Waals surface area contributed by atoms with E-state index in [1.165, 1.54) is 27.8 Å². The minimum Gasteiger partial charge on any atom is -0.449 e. The van der Waals surface area contributed by atoms with Gasteiger partial charge in [-0.1, -0.05) is 122 Å². The molecule has 4 nitrogen and oxygen atoms in total. The summed E-state index contributed by atoms with van der Waals surface area (Å²) >= 11 is 0. The van der Waals surface area contributed by atoms with E-state index >= 15 is 0 Å². The number of rotatable bonds is 5. The Kier molecular flexibility index (Phi) is 5.84. The van der Waals surface area contributed by atoms with Gasteiger partial charge in [-0.3, -0.25) is 0 Å². The second-order valence-corrected chi connectivity index (χ2v) is 11.7. The van der Waals surface area contributed by atoms with Gasteiger partial charge in [-0.25, -0.2) is 4.98 Å². The van der Waals surface area contributed by atoms with Gasteiger partial charge in [0.25, 0.3) is 0 Å². The van der Waals surface area contributed by atoms with Crippen molar-refractivity contribution in [1.82, 2.24) is 9.97 Å². The largest absolute Gasteiger partial charge is 0.449 e. The minimum absolute atomic E-state index is 0.520. The van der Waals surface area contributed by atoms with Crippen LogP contribution in [0.3, 0.4) is 0 Å². The number of aromatic nitrogens is 2. The van der Waals surface area contributed by atoms with Crippen LogP contribution in [0.2, 0.25) is 0 Å². The van der Waals surface area contributed by atoms with Crippen molar-refractivity contribution < 1.29 is 9.47 Å². The average Bonchev–Trinajstić information content (AvgIpc) is 3.72. The summed E-state index contributed by atoms with van der Waals surface area (Å²) in [5, 5.41) is 0. The Morgan fingerprint density at radius 2 is 1.24 bits per heavy atom. The van der Waals surface area contributed by atoms with Gasteiger partial charge in [-0.15, -0.1) is 0 Å². The molecule has 0 amide bonds. The Morgan fingerprint density at radius 1 is 0.565 bits per heavy atom. The van der Waals surface area contributed by atoms with E-state index in [4.69, 9.17) is 9.47 Å².